The second kappa shape index (κ2) is 9.13. The van der Waals surface area contributed by atoms with Gasteiger partial charge in [-0.05, 0) is 42.5 Å². The maximum Gasteiger partial charge on any atom is 0.161 e. The molecule has 5 aromatic rings. The molecule has 1 N–H and O–H groups in total. The fraction of sp³-hybridized carbons (Fsp3) is 0.0833. The van der Waals surface area contributed by atoms with Crippen molar-refractivity contribution in [1.82, 2.24) is 24.9 Å². The molecule has 0 spiro atoms. The molecule has 6 nitrogen and oxygen atoms in total. The smallest absolute Gasteiger partial charge is 0.161 e. The molecule has 0 aliphatic carbocycles. The molecule has 164 valence electrons. The molecule has 2 aromatic carbocycles. The summed E-state index contributed by atoms with van der Waals surface area (Å²) < 4.78 is 20.1. The second-order valence-corrected chi connectivity index (χ2v) is 8.18. The minimum absolute atomic E-state index is 0.0606. The number of ether oxygens (including phenoxy) is 1. The number of aromatic amines is 1. The van der Waals surface area contributed by atoms with Crippen LogP contribution in [-0.2, 0) is 13.0 Å². The molecule has 0 amide bonds. The molecular weight excluding hydrogens is 464 g/mol. The van der Waals surface area contributed by atoms with E-state index in [1.54, 1.807) is 30.5 Å². The third-order valence-corrected chi connectivity index (χ3v) is 5.47. The number of aromatic nitrogens is 5. The second-order valence-electron chi connectivity index (χ2n) is 7.31. The number of benzene rings is 2. The van der Waals surface area contributed by atoms with Gasteiger partial charge in [0.25, 0.3) is 0 Å². The normalized spacial score (nSPS) is 11.1. The van der Waals surface area contributed by atoms with Crippen LogP contribution >= 0.6 is 23.2 Å². The van der Waals surface area contributed by atoms with Gasteiger partial charge in [0, 0.05) is 33.3 Å². The van der Waals surface area contributed by atoms with E-state index in [0.717, 1.165) is 11.3 Å². The third-order valence-electron chi connectivity index (χ3n) is 5.00. The monoisotopic (exact) mass is 479 g/mol. The summed E-state index contributed by atoms with van der Waals surface area (Å²) in [7, 11) is 0. The standard InChI is InChI=1S/C24H16Cl2FN5O/c25-16-6-7-22(33-12-14-4-5-17(26)10-19(14)27)15(8-16)9-18-2-1-3-20(30-18)24-31-21-11-28-13-29-23(21)32-24/h1-8,10-11,13H,9,12H2,(H,28,29,31,32). The van der Waals surface area contributed by atoms with Crippen LogP contribution in [0.15, 0.2) is 67.1 Å². The fourth-order valence-corrected chi connectivity index (χ4v) is 3.76. The molecule has 0 aliphatic rings. The van der Waals surface area contributed by atoms with Crippen molar-refractivity contribution in [3.8, 4) is 17.3 Å². The molecule has 0 fully saturated rings. The Kier molecular flexibility index (Phi) is 5.90. The lowest BCUT2D eigenvalue weighted by molar-refractivity contribution is 0.297. The van der Waals surface area contributed by atoms with Crippen LogP contribution in [0.4, 0.5) is 4.39 Å². The summed E-state index contributed by atoms with van der Waals surface area (Å²) in [5.41, 5.74) is 4.03. The van der Waals surface area contributed by atoms with E-state index in [-0.39, 0.29) is 6.61 Å². The van der Waals surface area contributed by atoms with Crippen LogP contribution in [0.25, 0.3) is 22.7 Å². The Bertz CT molecular complexity index is 1420. The van der Waals surface area contributed by atoms with Gasteiger partial charge >= 0.3 is 0 Å². The Morgan fingerprint density at radius 2 is 1.79 bits per heavy atom. The SMILES string of the molecule is Fc1cc(Cl)ccc1COc1ccc(Cl)cc1Cc1cccc(-c2nc3cncnc3[nH]2)n1. The Morgan fingerprint density at radius 1 is 0.939 bits per heavy atom. The number of pyridine rings is 1. The van der Waals surface area contributed by atoms with Gasteiger partial charge in [0.1, 0.15) is 35.7 Å². The molecule has 0 saturated carbocycles. The first-order valence-electron chi connectivity index (χ1n) is 10.0. The summed E-state index contributed by atoms with van der Waals surface area (Å²) in [6, 6.07) is 15.5. The number of H-pyrrole nitrogens is 1. The van der Waals surface area contributed by atoms with Gasteiger partial charge in [0.05, 0.1) is 6.20 Å². The van der Waals surface area contributed by atoms with Gasteiger partial charge in [-0.25, -0.2) is 24.3 Å². The summed E-state index contributed by atoms with van der Waals surface area (Å²) in [6.07, 6.45) is 3.57. The van der Waals surface area contributed by atoms with Crippen molar-refractivity contribution >= 4 is 34.4 Å². The predicted molar refractivity (Wildman–Crippen MR) is 125 cm³/mol. The Labute approximate surface area is 198 Å². The Morgan fingerprint density at radius 3 is 2.64 bits per heavy atom. The van der Waals surface area contributed by atoms with E-state index in [0.29, 0.717) is 50.5 Å². The summed E-state index contributed by atoms with van der Waals surface area (Å²) >= 11 is 12.1. The molecule has 3 aromatic heterocycles. The van der Waals surface area contributed by atoms with E-state index in [1.165, 1.54) is 12.4 Å². The van der Waals surface area contributed by atoms with E-state index in [2.05, 4.69) is 19.9 Å². The largest absolute Gasteiger partial charge is 0.489 e. The fourth-order valence-electron chi connectivity index (χ4n) is 3.41. The van der Waals surface area contributed by atoms with Crippen molar-refractivity contribution in [3.05, 3.63) is 99.8 Å². The highest BCUT2D eigenvalue weighted by molar-refractivity contribution is 6.30. The van der Waals surface area contributed by atoms with Crippen molar-refractivity contribution in [3.63, 3.8) is 0 Å². The maximum absolute atomic E-state index is 14.1. The van der Waals surface area contributed by atoms with E-state index in [1.807, 2.05) is 24.3 Å². The first kappa shape index (κ1) is 21.3. The van der Waals surface area contributed by atoms with Gasteiger partial charge in [-0.15, -0.1) is 0 Å². The van der Waals surface area contributed by atoms with Crippen molar-refractivity contribution in [2.75, 3.05) is 0 Å². The Balaban J connectivity index is 1.40. The molecule has 33 heavy (non-hydrogen) atoms. The number of nitrogens with zero attached hydrogens (tertiary/aromatic N) is 4. The molecule has 0 atom stereocenters. The topological polar surface area (TPSA) is 76.6 Å². The maximum atomic E-state index is 14.1. The molecule has 9 heteroatoms. The zero-order valence-corrected chi connectivity index (χ0v) is 18.6. The quantitative estimate of drug-likeness (QED) is 0.321. The van der Waals surface area contributed by atoms with Crippen LogP contribution in [0.5, 0.6) is 5.75 Å². The summed E-state index contributed by atoms with van der Waals surface area (Å²) in [4.78, 5) is 20.6. The van der Waals surface area contributed by atoms with Gasteiger partial charge < -0.3 is 9.72 Å². The number of nitrogens with one attached hydrogen (secondary N) is 1. The van der Waals surface area contributed by atoms with Gasteiger partial charge in [0.15, 0.2) is 11.5 Å². The van der Waals surface area contributed by atoms with Crippen molar-refractivity contribution in [2.45, 2.75) is 13.0 Å². The van der Waals surface area contributed by atoms with Crippen LogP contribution in [0.1, 0.15) is 16.8 Å². The number of rotatable bonds is 6. The average molecular weight is 480 g/mol. The highest BCUT2D eigenvalue weighted by Crippen LogP contribution is 2.27. The van der Waals surface area contributed by atoms with Crippen molar-refractivity contribution in [1.29, 1.82) is 0 Å². The Hall–Kier alpha value is -3.55. The van der Waals surface area contributed by atoms with Crippen LogP contribution in [-0.4, -0.2) is 24.9 Å². The number of fused-ring (bicyclic) bond motifs is 1. The van der Waals surface area contributed by atoms with Gasteiger partial charge in [-0.2, -0.15) is 0 Å². The summed E-state index contributed by atoms with van der Waals surface area (Å²) in [6.45, 7) is 0.0606. The predicted octanol–water partition coefficient (Wildman–Crippen LogP) is 6.03. The third kappa shape index (κ3) is 4.79. The molecule has 0 unspecified atom stereocenters. The molecule has 5 rings (SSSR count). The average Bonchev–Trinajstić information content (AvgIpc) is 3.24. The van der Waals surface area contributed by atoms with Gasteiger partial charge in [0.2, 0.25) is 0 Å². The first-order chi connectivity index (χ1) is 16.0. The minimum atomic E-state index is -0.414. The molecule has 0 bridgehead atoms. The van der Waals surface area contributed by atoms with Crippen molar-refractivity contribution in [2.24, 2.45) is 0 Å². The highest BCUT2D eigenvalue weighted by atomic mass is 35.5. The summed E-state index contributed by atoms with van der Waals surface area (Å²) in [5, 5.41) is 0.910. The first-order valence-corrected chi connectivity index (χ1v) is 10.8. The van der Waals surface area contributed by atoms with Crippen LogP contribution in [0.2, 0.25) is 10.0 Å². The molecular formula is C24H16Cl2FN5O. The van der Waals surface area contributed by atoms with Crippen LogP contribution in [0, 0.1) is 5.82 Å². The zero-order chi connectivity index (χ0) is 22.8. The number of hydrogen-bond donors (Lipinski definition) is 1. The van der Waals surface area contributed by atoms with Crippen molar-refractivity contribution < 1.29 is 9.13 Å². The van der Waals surface area contributed by atoms with E-state index in [4.69, 9.17) is 32.9 Å². The molecule has 0 aliphatic heterocycles. The lowest BCUT2D eigenvalue weighted by atomic mass is 10.1. The molecule has 0 radical (unpaired) electrons. The van der Waals surface area contributed by atoms with E-state index in [9.17, 15) is 4.39 Å². The lowest BCUT2D eigenvalue weighted by Gasteiger charge is -2.13. The highest BCUT2D eigenvalue weighted by Gasteiger charge is 2.12. The minimum Gasteiger partial charge on any atom is -0.489 e. The summed E-state index contributed by atoms with van der Waals surface area (Å²) in [5.74, 6) is 0.788. The number of halogens is 3. The molecule has 0 saturated heterocycles. The van der Waals surface area contributed by atoms with Gasteiger partial charge in [-0.3, -0.25) is 0 Å². The van der Waals surface area contributed by atoms with E-state index >= 15 is 0 Å². The number of imidazole rings is 1. The van der Waals surface area contributed by atoms with Gasteiger partial charge in [-0.1, -0.05) is 35.3 Å². The lowest BCUT2D eigenvalue weighted by Crippen LogP contribution is -2.02. The van der Waals surface area contributed by atoms with Crippen LogP contribution < -0.4 is 4.74 Å². The van der Waals surface area contributed by atoms with E-state index < -0.39 is 5.82 Å². The number of hydrogen-bond acceptors (Lipinski definition) is 5. The zero-order valence-electron chi connectivity index (χ0n) is 17.1. The molecule has 3 heterocycles. The van der Waals surface area contributed by atoms with Crippen LogP contribution in [0.3, 0.4) is 0 Å².